The Bertz CT molecular complexity index is 303. The lowest BCUT2D eigenvalue weighted by Crippen LogP contribution is -2.35. The zero-order chi connectivity index (χ0) is 10.2. The molecule has 1 aliphatic heterocycles. The summed E-state index contributed by atoms with van der Waals surface area (Å²) in [4.78, 5) is 0. The molecule has 90 valence electrons. The van der Waals surface area contributed by atoms with E-state index in [4.69, 9.17) is 0 Å². The van der Waals surface area contributed by atoms with Crippen molar-refractivity contribution >= 4 is 22.4 Å². The first-order chi connectivity index (χ1) is 6.62. The van der Waals surface area contributed by atoms with E-state index in [2.05, 4.69) is 5.32 Å². The highest BCUT2D eigenvalue weighted by Gasteiger charge is 2.35. The third kappa shape index (κ3) is 3.31. The van der Waals surface area contributed by atoms with Gasteiger partial charge in [-0.05, 0) is 32.2 Å². The minimum atomic E-state index is -2.95. The van der Waals surface area contributed by atoms with E-state index in [1.165, 1.54) is 0 Å². The molecule has 0 aromatic heterocycles. The van der Waals surface area contributed by atoms with Crippen molar-refractivity contribution in [1.82, 2.24) is 9.62 Å². The fourth-order valence-electron chi connectivity index (χ4n) is 1.90. The second kappa shape index (κ2) is 4.99. The Morgan fingerprint density at radius 2 is 2.00 bits per heavy atom. The van der Waals surface area contributed by atoms with Crippen LogP contribution in [0.1, 0.15) is 19.3 Å². The van der Waals surface area contributed by atoms with Crippen LogP contribution in [-0.4, -0.2) is 44.7 Å². The van der Waals surface area contributed by atoms with Crippen molar-refractivity contribution in [1.29, 1.82) is 0 Å². The number of hydrogen-bond donors (Lipinski definition) is 1. The van der Waals surface area contributed by atoms with Gasteiger partial charge in [0.15, 0.2) is 0 Å². The van der Waals surface area contributed by atoms with Crippen LogP contribution in [0.25, 0.3) is 0 Å². The molecule has 0 amide bonds. The summed E-state index contributed by atoms with van der Waals surface area (Å²) in [7, 11) is -1.06. The van der Waals surface area contributed by atoms with Gasteiger partial charge in [0, 0.05) is 19.1 Å². The van der Waals surface area contributed by atoms with Gasteiger partial charge in [-0.25, -0.2) is 12.7 Å². The third-order valence-electron chi connectivity index (χ3n) is 3.10. The van der Waals surface area contributed by atoms with Crippen molar-refractivity contribution in [3.63, 3.8) is 0 Å². The average molecular weight is 255 g/mol. The first-order valence-electron chi connectivity index (χ1n) is 5.27. The van der Waals surface area contributed by atoms with Crippen molar-refractivity contribution in [3.8, 4) is 0 Å². The molecule has 0 radical (unpaired) electrons. The molecule has 2 fully saturated rings. The summed E-state index contributed by atoms with van der Waals surface area (Å²) in [5, 5.41) is 3.13. The number of likely N-dealkylation sites (N-methyl/N-ethyl adjacent to an activating group) is 1. The fourth-order valence-corrected chi connectivity index (χ4v) is 3.83. The first-order valence-corrected chi connectivity index (χ1v) is 6.88. The number of halogens is 1. The molecule has 1 N–H and O–H groups in total. The Kier molecular flexibility index (Phi) is 4.40. The second-order valence-corrected chi connectivity index (χ2v) is 6.37. The van der Waals surface area contributed by atoms with E-state index in [-0.39, 0.29) is 12.4 Å². The minimum Gasteiger partial charge on any atom is -0.316 e. The summed E-state index contributed by atoms with van der Waals surface area (Å²) < 4.78 is 25.3. The minimum absolute atomic E-state index is 0. The maximum atomic E-state index is 11.8. The largest absolute Gasteiger partial charge is 0.316 e. The van der Waals surface area contributed by atoms with E-state index in [1.807, 2.05) is 7.05 Å². The van der Waals surface area contributed by atoms with Crippen molar-refractivity contribution in [3.05, 3.63) is 0 Å². The van der Waals surface area contributed by atoms with Crippen LogP contribution in [0.4, 0.5) is 0 Å². The van der Waals surface area contributed by atoms with E-state index in [1.54, 1.807) is 4.31 Å². The number of hydrogen-bond acceptors (Lipinski definition) is 3. The third-order valence-corrected chi connectivity index (χ3v) is 5.11. The van der Waals surface area contributed by atoms with Gasteiger partial charge in [-0.15, -0.1) is 12.4 Å². The Morgan fingerprint density at radius 3 is 2.47 bits per heavy atom. The van der Waals surface area contributed by atoms with Gasteiger partial charge in [0.25, 0.3) is 0 Å². The Labute approximate surface area is 97.9 Å². The normalized spacial score (nSPS) is 27.7. The summed E-state index contributed by atoms with van der Waals surface area (Å²) >= 11 is 0. The molecule has 0 aromatic rings. The van der Waals surface area contributed by atoms with Crippen molar-refractivity contribution in [2.75, 3.05) is 25.9 Å². The Balaban J connectivity index is 0.00000112. The first kappa shape index (κ1) is 13.2. The molecule has 2 rings (SSSR count). The van der Waals surface area contributed by atoms with Gasteiger partial charge in [0.1, 0.15) is 0 Å². The molecular formula is C9H19ClN2O2S. The van der Waals surface area contributed by atoms with E-state index in [9.17, 15) is 8.42 Å². The highest BCUT2D eigenvalue weighted by molar-refractivity contribution is 7.89. The molecule has 1 atom stereocenters. The number of sulfonamides is 1. The molecule has 0 aromatic carbocycles. The summed E-state index contributed by atoms with van der Waals surface area (Å²) in [5.41, 5.74) is 0. The predicted octanol–water partition coefficient (Wildman–Crippen LogP) is 0.442. The molecule has 4 nitrogen and oxygen atoms in total. The zero-order valence-electron chi connectivity index (χ0n) is 8.98. The molecule has 1 aliphatic carbocycles. The van der Waals surface area contributed by atoms with Crippen molar-refractivity contribution in [2.24, 2.45) is 5.92 Å². The monoisotopic (exact) mass is 254 g/mol. The summed E-state index contributed by atoms with van der Waals surface area (Å²) in [6.07, 6.45) is 3.14. The van der Waals surface area contributed by atoms with E-state index in [0.29, 0.717) is 30.8 Å². The van der Waals surface area contributed by atoms with E-state index < -0.39 is 10.0 Å². The van der Waals surface area contributed by atoms with Gasteiger partial charge in [0.2, 0.25) is 10.0 Å². The second-order valence-electron chi connectivity index (χ2n) is 4.35. The van der Waals surface area contributed by atoms with Crippen LogP contribution in [0.2, 0.25) is 0 Å². The zero-order valence-corrected chi connectivity index (χ0v) is 10.6. The highest BCUT2D eigenvalue weighted by Crippen LogP contribution is 2.31. The summed E-state index contributed by atoms with van der Waals surface area (Å²) in [6, 6.07) is 0.351. The summed E-state index contributed by atoms with van der Waals surface area (Å²) in [5.74, 6) is 0.831. The van der Waals surface area contributed by atoms with Gasteiger partial charge < -0.3 is 5.32 Å². The standard InChI is InChI=1S/C9H18N2O2S.ClH/c1-10-9-4-5-11(6-9)14(12,13)7-8-2-3-8;/h8-10H,2-7H2,1H3;1H. The molecule has 0 bridgehead atoms. The van der Waals surface area contributed by atoms with Crippen LogP contribution in [0.5, 0.6) is 0 Å². The molecule has 1 saturated carbocycles. The number of rotatable bonds is 4. The van der Waals surface area contributed by atoms with Gasteiger partial charge in [-0.1, -0.05) is 0 Å². The van der Waals surface area contributed by atoms with Crippen molar-refractivity contribution < 1.29 is 8.42 Å². The lowest BCUT2D eigenvalue weighted by molar-refractivity contribution is 0.462. The maximum absolute atomic E-state index is 11.8. The van der Waals surface area contributed by atoms with Crippen LogP contribution in [-0.2, 0) is 10.0 Å². The van der Waals surface area contributed by atoms with Gasteiger partial charge in [-0.3, -0.25) is 0 Å². The lowest BCUT2D eigenvalue weighted by atomic mass is 10.3. The fraction of sp³-hybridized carbons (Fsp3) is 1.00. The van der Waals surface area contributed by atoms with Gasteiger partial charge >= 0.3 is 0 Å². The van der Waals surface area contributed by atoms with Crippen LogP contribution in [0.3, 0.4) is 0 Å². The summed E-state index contributed by atoms with van der Waals surface area (Å²) in [6.45, 7) is 1.35. The SMILES string of the molecule is CNC1CCN(S(=O)(=O)CC2CC2)C1.Cl. The predicted molar refractivity (Wildman–Crippen MR) is 62.8 cm³/mol. The molecule has 2 aliphatic rings. The maximum Gasteiger partial charge on any atom is 0.214 e. The van der Waals surface area contributed by atoms with Crippen LogP contribution in [0, 0.1) is 5.92 Å². The quantitative estimate of drug-likeness (QED) is 0.792. The molecule has 1 heterocycles. The number of nitrogens with one attached hydrogen (secondary N) is 1. The molecular weight excluding hydrogens is 236 g/mol. The molecule has 0 spiro atoms. The smallest absolute Gasteiger partial charge is 0.214 e. The number of nitrogens with zero attached hydrogens (tertiary/aromatic N) is 1. The highest BCUT2D eigenvalue weighted by atomic mass is 35.5. The van der Waals surface area contributed by atoms with E-state index >= 15 is 0 Å². The van der Waals surface area contributed by atoms with Crippen LogP contribution >= 0.6 is 12.4 Å². The van der Waals surface area contributed by atoms with Crippen LogP contribution in [0.15, 0.2) is 0 Å². The lowest BCUT2D eigenvalue weighted by Gasteiger charge is -2.15. The average Bonchev–Trinajstić information content (AvgIpc) is 2.81. The molecule has 1 saturated heterocycles. The van der Waals surface area contributed by atoms with Gasteiger partial charge in [0.05, 0.1) is 5.75 Å². The van der Waals surface area contributed by atoms with Gasteiger partial charge in [-0.2, -0.15) is 0 Å². The Morgan fingerprint density at radius 1 is 1.33 bits per heavy atom. The molecule has 15 heavy (non-hydrogen) atoms. The molecule has 6 heteroatoms. The topological polar surface area (TPSA) is 49.4 Å². The van der Waals surface area contributed by atoms with Crippen molar-refractivity contribution in [2.45, 2.75) is 25.3 Å². The van der Waals surface area contributed by atoms with E-state index in [0.717, 1.165) is 19.3 Å². The van der Waals surface area contributed by atoms with Crippen LogP contribution < -0.4 is 5.32 Å². The Hall–Kier alpha value is 0.160. The molecule has 1 unspecified atom stereocenters.